The SMILES string of the molecule is NCC(O)CCOCc1ccccc1. The van der Waals surface area contributed by atoms with Gasteiger partial charge in [0.2, 0.25) is 0 Å². The molecule has 0 aliphatic heterocycles. The van der Waals surface area contributed by atoms with E-state index < -0.39 is 6.10 Å². The highest BCUT2D eigenvalue weighted by molar-refractivity contribution is 5.13. The first-order chi connectivity index (χ1) is 6.83. The molecule has 0 aliphatic rings. The van der Waals surface area contributed by atoms with Gasteiger partial charge < -0.3 is 15.6 Å². The topological polar surface area (TPSA) is 55.5 Å². The lowest BCUT2D eigenvalue weighted by atomic mass is 10.2. The maximum Gasteiger partial charge on any atom is 0.0716 e. The van der Waals surface area contributed by atoms with Gasteiger partial charge in [-0.2, -0.15) is 0 Å². The maximum absolute atomic E-state index is 9.15. The number of hydrogen-bond donors (Lipinski definition) is 2. The first-order valence-electron chi connectivity index (χ1n) is 4.82. The molecule has 1 aromatic carbocycles. The zero-order valence-electron chi connectivity index (χ0n) is 8.23. The summed E-state index contributed by atoms with van der Waals surface area (Å²) >= 11 is 0. The van der Waals surface area contributed by atoms with Crippen molar-refractivity contribution in [2.24, 2.45) is 5.73 Å². The number of aliphatic hydroxyl groups is 1. The fraction of sp³-hybridized carbons (Fsp3) is 0.455. The minimum Gasteiger partial charge on any atom is -0.392 e. The molecule has 3 nitrogen and oxygen atoms in total. The van der Waals surface area contributed by atoms with Gasteiger partial charge in [-0.1, -0.05) is 30.3 Å². The van der Waals surface area contributed by atoms with Crippen molar-refractivity contribution in [2.75, 3.05) is 13.2 Å². The van der Waals surface area contributed by atoms with Crippen molar-refractivity contribution in [2.45, 2.75) is 19.1 Å². The second-order valence-electron chi connectivity index (χ2n) is 3.22. The predicted molar refractivity (Wildman–Crippen MR) is 55.8 cm³/mol. The van der Waals surface area contributed by atoms with E-state index in [4.69, 9.17) is 15.6 Å². The van der Waals surface area contributed by atoms with Gasteiger partial charge in [-0.15, -0.1) is 0 Å². The van der Waals surface area contributed by atoms with Crippen LogP contribution in [0.1, 0.15) is 12.0 Å². The highest BCUT2D eigenvalue weighted by Crippen LogP contribution is 2.01. The summed E-state index contributed by atoms with van der Waals surface area (Å²) in [4.78, 5) is 0. The number of ether oxygens (including phenoxy) is 1. The number of benzene rings is 1. The first-order valence-corrected chi connectivity index (χ1v) is 4.82. The van der Waals surface area contributed by atoms with Gasteiger partial charge in [0, 0.05) is 13.2 Å². The number of hydrogen-bond acceptors (Lipinski definition) is 3. The van der Waals surface area contributed by atoms with Crippen molar-refractivity contribution >= 4 is 0 Å². The Bertz CT molecular complexity index is 238. The quantitative estimate of drug-likeness (QED) is 0.663. The average molecular weight is 195 g/mol. The lowest BCUT2D eigenvalue weighted by Gasteiger charge is -2.07. The summed E-state index contributed by atoms with van der Waals surface area (Å²) in [6.07, 6.45) is 0.161. The summed E-state index contributed by atoms with van der Waals surface area (Å²) in [6.45, 7) is 1.44. The fourth-order valence-corrected chi connectivity index (χ4v) is 1.10. The number of nitrogens with two attached hydrogens (primary N) is 1. The first kappa shape index (κ1) is 11.2. The van der Waals surface area contributed by atoms with E-state index in [0.717, 1.165) is 5.56 Å². The standard InChI is InChI=1S/C11H17NO2/c12-8-11(13)6-7-14-9-10-4-2-1-3-5-10/h1-5,11,13H,6-9,12H2. The summed E-state index contributed by atoms with van der Waals surface area (Å²) in [5.41, 5.74) is 6.41. The van der Waals surface area contributed by atoms with Gasteiger partial charge in [-0.3, -0.25) is 0 Å². The van der Waals surface area contributed by atoms with E-state index in [9.17, 15) is 0 Å². The van der Waals surface area contributed by atoms with Crippen LogP contribution in [0.2, 0.25) is 0 Å². The van der Waals surface area contributed by atoms with E-state index in [2.05, 4.69) is 0 Å². The fourth-order valence-electron chi connectivity index (χ4n) is 1.10. The monoisotopic (exact) mass is 195 g/mol. The van der Waals surface area contributed by atoms with Crippen LogP contribution in [0, 0.1) is 0 Å². The highest BCUT2D eigenvalue weighted by Gasteiger charge is 1.99. The molecule has 0 heterocycles. The molecule has 0 aromatic heterocycles. The average Bonchev–Trinajstić information content (AvgIpc) is 2.25. The second-order valence-corrected chi connectivity index (χ2v) is 3.22. The second kappa shape index (κ2) is 6.54. The Morgan fingerprint density at radius 3 is 2.64 bits per heavy atom. The molecule has 0 fully saturated rings. The molecular formula is C11H17NO2. The third-order valence-corrected chi connectivity index (χ3v) is 1.98. The summed E-state index contributed by atoms with van der Waals surface area (Å²) in [5, 5.41) is 9.15. The molecule has 0 aliphatic carbocycles. The molecule has 3 heteroatoms. The lowest BCUT2D eigenvalue weighted by Crippen LogP contribution is -2.21. The Morgan fingerprint density at radius 1 is 1.29 bits per heavy atom. The van der Waals surface area contributed by atoms with Gasteiger partial charge in [0.1, 0.15) is 0 Å². The van der Waals surface area contributed by atoms with Gasteiger partial charge in [0.25, 0.3) is 0 Å². The van der Waals surface area contributed by atoms with Crippen molar-refractivity contribution in [1.82, 2.24) is 0 Å². The van der Waals surface area contributed by atoms with Crippen molar-refractivity contribution in [3.8, 4) is 0 Å². The van der Waals surface area contributed by atoms with Gasteiger partial charge in [0.15, 0.2) is 0 Å². The minimum absolute atomic E-state index is 0.300. The van der Waals surface area contributed by atoms with Crippen LogP contribution in [0.3, 0.4) is 0 Å². The van der Waals surface area contributed by atoms with Crippen LogP contribution in [-0.2, 0) is 11.3 Å². The molecule has 1 rings (SSSR count). The van der Waals surface area contributed by atoms with E-state index >= 15 is 0 Å². The van der Waals surface area contributed by atoms with Crippen molar-refractivity contribution in [3.63, 3.8) is 0 Å². The Hall–Kier alpha value is -0.900. The Balaban J connectivity index is 2.10. The van der Waals surface area contributed by atoms with Gasteiger partial charge in [0.05, 0.1) is 12.7 Å². The minimum atomic E-state index is -0.439. The molecule has 0 saturated carbocycles. The molecule has 0 saturated heterocycles. The van der Waals surface area contributed by atoms with E-state index in [1.165, 1.54) is 0 Å². The smallest absolute Gasteiger partial charge is 0.0716 e. The van der Waals surface area contributed by atoms with Gasteiger partial charge in [-0.05, 0) is 12.0 Å². The molecule has 0 spiro atoms. The zero-order chi connectivity index (χ0) is 10.2. The largest absolute Gasteiger partial charge is 0.392 e. The van der Waals surface area contributed by atoms with E-state index in [0.29, 0.717) is 26.2 Å². The Labute approximate surface area is 84.5 Å². The van der Waals surface area contributed by atoms with Crippen LogP contribution >= 0.6 is 0 Å². The highest BCUT2D eigenvalue weighted by atomic mass is 16.5. The van der Waals surface area contributed by atoms with Crippen LogP contribution < -0.4 is 5.73 Å². The van der Waals surface area contributed by atoms with E-state index in [-0.39, 0.29) is 0 Å². The van der Waals surface area contributed by atoms with Crippen molar-refractivity contribution < 1.29 is 9.84 Å². The van der Waals surface area contributed by atoms with Crippen LogP contribution in [0.15, 0.2) is 30.3 Å². The normalized spacial score (nSPS) is 12.7. The van der Waals surface area contributed by atoms with Crippen LogP contribution in [-0.4, -0.2) is 24.4 Å². The summed E-state index contributed by atoms with van der Waals surface area (Å²) < 4.78 is 5.38. The predicted octanol–water partition coefficient (Wildman–Crippen LogP) is 0.913. The molecule has 14 heavy (non-hydrogen) atoms. The van der Waals surface area contributed by atoms with Crippen molar-refractivity contribution in [3.05, 3.63) is 35.9 Å². The molecule has 1 unspecified atom stereocenters. The van der Waals surface area contributed by atoms with Crippen LogP contribution in [0.25, 0.3) is 0 Å². The van der Waals surface area contributed by atoms with Gasteiger partial charge in [-0.25, -0.2) is 0 Å². The summed E-state index contributed by atoms with van der Waals surface area (Å²) in [7, 11) is 0. The molecular weight excluding hydrogens is 178 g/mol. The molecule has 0 amide bonds. The van der Waals surface area contributed by atoms with Crippen LogP contribution in [0.5, 0.6) is 0 Å². The Kier molecular flexibility index (Phi) is 5.22. The molecule has 0 radical (unpaired) electrons. The van der Waals surface area contributed by atoms with E-state index in [1.54, 1.807) is 0 Å². The van der Waals surface area contributed by atoms with Gasteiger partial charge >= 0.3 is 0 Å². The van der Waals surface area contributed by atoms with Crippen molar-refractivity contribution in [1.29, 1.82) is 0 Å². The Morgan fingerprint density at radius 2 is 2.00 bits per heavy atom. The third kappa shape index (κ3) is 4.37. The molecule has 1 aromatic rings. The molecule has 3 N–H and O–H groups in total. The lowest BCUT2D eigenvalue weighted by molar-refractivity contribution is 0.0766. The molecule has 0 bridgehead atoms. The number of rotatable bonds is 6. The third-order valence-electron chi connectivity index (χ3n) is 1.98. The summed E-state index contributed by atoms with van der Waals surface area (Å²) in [5.74, 6) is 0. The maximum atomic E-state index is 9.15. The van der Waals surface area contributed by atoms with E-state index in [1.807, 2.05) is 30.3 Å². The zero-order valence-corrected chi connectivity index (χ0v) is 8.23. The van der Waals surface area contributed by atoms with Crippen LogP contribution in [0.4, 0.5) is 0 Å². The summed E-state index contributed by atoms with van der Waals surface area (Å²) in [6, 6.07) is 9.96. The number of aliphatic hydroxyl groups excluding tert-OH is 1. The molecule has 1 atom stereocenters. The molecule has 78 valence electrons.